The zero-order valence-electron chi connectivity index (χ0n) is 16.2. The fraction of sp³-hybridized carbons (Fsp3) is 0.318. The molecule has 1 N–H and O–H groups in total. The van der Waals surface area contributed by atoms with Crippen molar-refractivity contribution in [2.24, 2.45) is 0 Å². The Balaban J connectivity index is 1.61. The van der Waals surface area contributed by atoms with E-state index in [1.807, 2.05) is 24.3 Å². The molecular weight excluding hydrogens is 379 g/mol. The molecule has 0 radical (unpaired) electrons. The molecule has 1 fully saturated rings. The first kappa shape index (κ1) is 20.9. The zero-order chi connectivity index (χ0) is 20.9. The lowest BCUT2D eigenvalue weighted by molar-refractivity contribution is -0.137. The summed E-state index contributed by atoms with van der Waals surface area (Å²) in [5.41, 5.74) is 1.70. The second-order valence-electron chi connectivity index (χ2n) is 7.09. The third-order valence-electron chi connectivity index (χ3n) is 4.93. The van der Waals surface area contributed by atoms with E-state index in [9.17, 15) is 18.0 Å². The van der Waals surface area contributed by atoms with Crippen molar-refractivity contribution >= 4 is 17.7 Å². The number of carbonyl (C=O) groups is 1. The first-order valence-corrected chi connectivity index (χ1v) is 9.47. The number of alkyl halides is 3. The van der Waals surface area contributed by atoms with E-state index < -0.39 is 11.7 Å². The van der Waals surface area contributed by atoms with Crippen LogP contribution < -0.4 is 10.2 Å². The van der Waals surface area contributed by atoms with Gasteiger partial charge in [-0.05, 0) is 42.4 Å². The van der Waals surface area contributed by atoms with Crippen molar-refractivity contribution in [1.82, 2.24) is 10.2 Å². The van der Waals surface area contributed by atoms with E-state index in [0.717, 1.165) is 49.6 Å². The molecule has 0 aromatic heterocycles. The zero-order valence-corrected chi connectivity index (χ0v) is 16.2. The van der Waals surface area contributed by atoms with Gasteiger partial charge in [-0.25, -0.2) is 0 Å². The maximum atomic E-state index is 12.8. The standard InChI is InChI=1S/C22H24F3N3O/c1-27-11-13-28(14-12-27)20-8-3-2-6-18(20)16-26-21(29)10-9-17-5-4-7-19(15-17)22(23,24)25/h2-10,15H,11-14,16H2,1H3,(H,26,29)/b10-9+. The van der Waals surface area contributed by atoms with Crippen molar-refractivity contribution in [3.63, 3.8) is 0 Å². The normalized spacial score (nSPS) is 15.7. The van der Waals surface area contributed by atoms with Gasteiger partial charge in [0.1, 0.15) is 0 Å². The topological polar surface area (TPSA) is 35.6 Å². The van der Waals surface area contributed by atoms with Gasteiger partial charge in [-0.15, -0.1) is 0 Å². The molecule has 3 rings (SSSR count). The van der Waals surface area contributed by atoms with Crippen LogP contribution in [0.4, 0.5) is 18.9 Å². The van der Waals surface area contributed by atoms with Crippen molar-refractivity contribution in [1.29, 1.82) is 0 Å². The Morgan fingerprint density at radius 3 is 2.52 bits per heavy atom. The monoisotopic (exact) mass is 403 g/mol. The summed E-state index contributed by atoms with van der Waals surface area (Å²) in [6, 6.07) is 12.8. The lowest BCUT2D eigenvalue weighted by atomic mass is 10.1. The molecule has 4 nitrogen and oxygen atoms in total. The van der Waals surface area contributed by atoms with Gasteiger partial charge in [-0.1, -0.05) is 30.3 Å². The number of nitrogens with zero attached hydrogens (tertiary/aromatic N) is 2. The van der Waals surface area contributed by atoms with E-state index in [4.69, 9.17) is 0 Å². The molecule has 2 aromatic carbocycles. The Morgan fingerprint density at radius 2 is 1.79 bits per heavy atom. The summed E-state index contributed by atoms with van der Waals surface area (Å²) in [7, 11) is 2.10. The number of nitrogens with one attached hydrogen (secondary N) is 1. The Morgan fingerprint density at radius 1 is 1.07 bits per heavy atom. The molecular formula is C22H24F3N3O. The van der Waals surface area contributed by atoms with E-state index in [-0.39, 0.29) is 5.91 Å². The number of para-hydroxylation sites is 1. The minimum atomic E-state index is -4.40. The van der Waals surface area contributed by atoms with Gasteiger partial charge >= 0.3 is 6.18 Å². The molecule has 1 aliphatic rings. The predicted molar refractivity (Wildman–Crippen MR) is 108 cm³/mol. The van der Waals surface area contributed by atoms with Crippen molar-refractivity contribution in [2.45, 2.75) is 12.7 Å². The fourth-order valence-electron chi connectivity index (χ4n) is 3.25. The van der Waals surface area contributed by atoms with E-state index in [1.165, 1.54) is 24.3 Å². The molecule has 0 atom stereocenters. The number of likely N-dealkylation sites (N-methyl/N-ethyl adjacent to an activating group) is 1. The molecule has 154 valence electrons. The van der Waals surface area contributed by atoms with Crippen molar-refractivity contribution in [3.05, 3.63) is 71.3 Å². The fourth-order valence-corrected chi connectivity index (χ4v) is 3.25. The Hall–Kier alpha value is -2.80. The van der Waals surface area contributed by atoms with Crippen LogP contribution in [0.3, 0.4) is 0 Å². The highest BCUT2D eigenvalue weighted by Gasteiger charge is 2.30. The van der Waals surface area contributed by atoms with Gasteiger partial charge < -0.3 is 15.1 Å². The van der Waals surface area contributed by atoms with Crippen molar-refractivity contribution < 1.29 is 18.0 Å². The van der Waals surface area contributed by atoms with Gasteiger partial charge in [0.15, 0.2) is 0 Å². The minimum Gasteiger partial charge on any atom is -0.369 e. The van der Waals surface area contributed by atoms with Gasteiger partial charge in [-0.3, -0.25) is 4.79 Å². The molecule has 1 amide bonds. The molecule has 1 aliphatic heterocycles. The summed E-state index contributed by atoms with van der Waals surface area (Å²) in [6.45, 7) is 4.18. The summed E-state index contributed by atoms with van der Waals surface area (Å²) in [5.74, 6) is -0.351. The largest absolute Gasteiger partial charge is 0.416 e. The van der Waals surface area contributed by atoms with Gasteiger partial charge in [0.05, 0.1) is 5.56 Å². The summed E-state index contributed by atoms with van der Waals surface area (Å²) in [4.78, 5) is 16.7. The van der Waals surface area contributed by atoms with Crippen LogP contribution in [0.25, 0.3) is 6.08 Å². The number of carbonyl (C=O) groups excluding carboxylic acids is 1. The molecule has 0 spiro atoms. The van der Waals surface area contributed by atoms with Gasteiger partial charge in [0, 0.05) is 44.5 Å². The molecule has 0 bridgehead atoms. The van der Waals surface area contributed by atoms with Gasteiger partial charge in [0.2, 0.25) is 5.91 Å². The molecule has 1 heterocycles. The molecule has 0 saturated carbocycles. The third kappa shape index (κ3) is 5.84. The lowest BCUT2D eigenvalue weighted by Gasteiger charge is -2.35. The highest BCUT2D eigenvalue weighted by atomic mass is 19.4. The molecule has 7 heteroatoms. The molecule has 29 heavy (non-hydrogen) atoms. The van der Waals surface area contributed by atoms with Crippen LogP contribution in [0, 0.1) is 0 Å². The number of anilines is 1. The number of hydrogen-bond donors (Lipinski definition) is 1. The summed E-state index contributed by atoms with van der Waals surface area (Å²) < 4.78 is 38.3. The maximum Gasteiger partial charge on any atom is 0.416 e. The van der Waals surface area contributed by atoms with Crippen LogP contribution in [0.5, 0.6) is 0 Å². The Kier molecular flexibility index (Phi) is 6.59. The Bertz CT molecular complexity index is 872. The summed E-state index contributed by atoms with van der Waals surface area (Å²) >= 11 is 0. The van der Waals surface area contributed by atoms with Crippen molar-refractivity contribution in [3.8, 4) is 0 Å². The second kappa shape index (κ2) is 9.13. The molecule has 2 aromatic rings. The molecule has 0 aliphatic carbocycles. The van der Waals surface area contributed by atoms with Crippen LogP contribution in [0.1, 0.15) is 16.7 Å². The minimum absolute atomic E-state index is 0.327. The highest BCUT2D eigenvalue weighted by molar-refractivity contribution is 5.91. The van der Waals surface area contributed by atoms with Crippen LogP contribution in [0.2, 0.25) is 0 Å². The SMILES string of the molecule is CN1CCN(c2ccccc2CNC(=O)/C=C/c2cccc(C(F)(F)F)c2)CC1. The van der Waals surface area contributed by atoms with Gasteiger partial charge in [0.25, 0.3) is 0 Å². The molecule has 0 unspecified atom stereocenters. The average molecular weight is 403 g/mol. The van der Waals surface area contributed by atoms with Crippen LogP contribution in [0.15, 0.2) is 54.6 Å². The predicted octanol–water partition coefficient (Wildman–Crippen LogP) is 3.79. The van der Waals surface area contributed by atoms with E-state index >= 15 is 0 Å². The van der Waals surface area contributed by atoms with E-state index in [0.29, 0.717) is 12.1 Å². The Labute approximate surface area is 168 Å². The number of benzene rings is 2. The van der Waals surface area contributed by atoms with Crippen LogP contribution in [-0.2, 0) is 17.5 Å². The second-order valence-corrected chi connectivity index (χ2v) is 7.09. The summed E-state index contributed by atoms with van der Waals surface area (Å²) in [6.07, 6.45) is -1.76. The molecule has 1 saturated heterocycles. The number of hydrogen-bond acceptors (Lipinski definition) is 3. The maximum absolute atomic E-state index is 12.8. The number of halogens is 3. The van der Waals surface area contributed by atoms with Crippen molar-refractivity contribution in [2.75, 3.05) is 38.1 Å². The van der Waals surface area contributed by atoms with E-state index in [1.54, 1.807) is 0 Å². The van der Waals surface area contributed by atoms with Crippen LogP contribution >= 0.6 is 0 Å². The van der Waals surface area contributed by atoms with E-state index in [2.05, 4.69) is 22.2 Å². The highest BCUT2D eigenvalue weighted by Crippen LogP contribution is 2.29. The third-order valence-corrected chi connectivity index (χ3v) is 4.93. The number of amides is 1. The first-order valence-electron chi connectivity index (χ1n) is 9.47. The number of rotatable bonds is 5. The first-order chi connectivity index (χ1) is 13.8. The average Bonchev–Trinajstić information content (AvgIpc) is 2.71. The van der Waals surface area contributed by atoms with Crippen LogP contribution in [-0.4, -0.2) is 44.0 Å². The lowest BCUT2D eigenvalue weighted by Crippen LogP contribution is -2.45. The summed E-state index contributed by atoms with van der Waals surface area (Å²) in [5, 5.41) is 2.82. The smallest absolute Gasteiger partial charge is 0.369 e. The number of piperazine rings is 1. The van der Waals surface area contributed by atoms with Gasteiger partial charge in [-0.2, -0.15) is 13.2 Å². The quantitative estimate of drug-likeness (QED) is 0.772.